The summed E-state index contributed by atoms with van der Waals surface area (Å²) in [6.07, 6.45) is 1.84. The molecule has 0 bridgehead atoms. The minimum atomic E-state index is 0.152. The van der Waals surface area contributed by atoms with Crippen LogP contribution in [-0.2, 0) is 0 Å². The molecule has 6 heteroatoms. The molecule has 2 heterocycles. The lowest BCUT2D eigenvalue weighted by molar-refractivity contribution is 0.312. The normalized spacial score (nSPS) is 16.3. The third-order valence-electron chi connectivity index (χ3n) is 4.48. The molecule has 1 saturated heterocycles. The number of nitrogens with one attached hydrogen (secondary N) is 2. The van der Waals surface area contributed by atoms with Gasteiger partial charge < -0.3 is 20.4 Å². The zero-order chi connectivity index (χ0) is 17.6. The van der Waals surface area contributed by atoms with Crippen LogP contribution in [0, 0.1) is 0 Å². The van der Waals surface area contributed by atoms with E-state index in [1.54, 1.807) is 0 Å². The highest BCUT2D eigenvalue weighted by molar-refractivity contribution is 7.80. The van der Waals surface area contributed by atoms with Gasteiger partial charge in [0, 0.05) is 26.2 Å². The van der Waals surface area contributed by atoms with Crippen molar-refractivity contribution in [2.24, 2.45) is 0 Å². The van der Waals surface area contributed by atoms with Crippen molar-refractivity contribution in [3.8, 4) is 0 Å². The first-order valence-corrected chi connectivity index (χ1v) is 9.04. The van der Waals surface area contributed by atoms with Gasteiger partial charge in [-0.05, 0) is 43.9 Å². The van der Waals surface area contributed by atoms with Crippen molar-refractivity contribution in [3.05, 3.63) is 54.2 Å². The third kappa shape index (κ3) is 4.90. The van der Waals surface area contributed by atoms with Gasteiger partial charge in [-0.3, -0.25) is 0 Å². The second-order valence-corrected chi connectivity index (χ2v) is 6.83. The van der Waals surface area contributed by atoms with Gasteiger partial charge in [-0.1, -0.05) is 30.3 Å². The number of thiocarbonyl (C=S) groups is 1. The molecule has 0 spiro atoms. The minimum Gasteiger partial charge on any atom is -0.356 e. The average Bonchev–Trinajstić information content (AvgIpc) is 2.64. The number of hydrogen-bond donors (Lipinski definition) is 2. The Balaban J connectivity index is 1.53. The molecule has 0 aliphatic carbocycles. The van der Waals surface area contributed by atoms with Gasteiger partial charge in [0.05, 0.1) is 17.9 Å². The van der Waals surface area contributed by atoms with Crippen molar-refractivity contribution in [1.29, 1.82) is 0 Å². The fourth-order valence-corrected chi connectivity index (χ4v) is 3.17. The molecular formula is C19H25N5S. The van der Waals surface area contributed by atoms with Gasteiger partial charge in [0.25, 0.3) is 0 Å². The van der Waals surface area contributed by atoms with Crippen LogP contribution in [0.1, 0.15) is 18.5 Å². The molecule has 1 aliphatic rings. The van der Waals surface area contributed by atoms with Gasteiger partial charge in [-0.2, -0.15) is 0 Å². The number of piperazine rings is 1. The standard InChI is InChI=1S/C19H25N5S/c1-15(16-6-4-3-5-7-16)21-19(25)22-17-8-9-18(20-14-17)24-12-10-23(2)11-13-24/h3-9,14-15H,10-13H2,1-2H3,(H2,21,22,25)/t15-/m0/s1. The number of likely N-dealkylation sites (N-methyl/N-ethyl adjacent to an activating group) is 1. The Hall–Kier alpha value is -2.18. The lowest BCUT2D eigenvalue weighted by Crippen LogP contribution is -2.44. The van der Waals surface area contributed by atoms with E-state index in [0.717, 1.165) is 37.7 Å². The first kappa shape index (κ1) is 17.6. The predicted molar refractivity (Wildman–Crippen MR) is 108 cm³/mol. The summed E-state index contributed by atoms with van der Waals surface area (Å²) < 4.78 is 0. The Kier molecular flexibility index (Phi) is 5.83. The molecule has 2 N–H and O–H groups in total. The summed E-state index contributed by atoms with van der Waals surface area (Å²) in [7, 11) is 2.15. The van der Waals surface area contributed by atoms with Crippen molar-refractivity contribution < 1.29 is 0 Å². The molecular weight excluding hydrogens is 330 g/mol. The van der Waals surface area contributed by atoms with Gasteiger partial charge in [-0.25, -0.2) is 4.98 Å². The van der Waals surface area contributed by atoms with Gasteiger partial charge >= 0.3 is 0 Å². The van der Waals surface area contributed by atoms with Crippen LogP contribution in [0.15, 0.2) is 48.7 Å². The number of anilines is 2. The van der Waals surface area contributed by atoms with Gasteiger partial charge in [-0.15, -0.1) is 0 Å². The summed E-state index contributed by atoms with van der Waals surface area (Å²) in [6.45, 7) is 6.29. The van der Waals surface area contributed by atoms with Gasteiger partial charge in [0.1, 0.15) is 5.82 Å². The van der Waals surface area contributed by atoms with E-state index in [0.29, 0.717) is 5.11 Å². The van der Waals surface area contributed by atoms with Crippen LogP contribution in [0.2, 0.25) is 0 Å². The van der Waals surface area contributed by atoms with Crippen LogP contribution in [-0.4, -0.2) is 48.2 Å². The van der Waals surface area contributed by atoms with E-state index < -0.39 is 0 Å². The van der Waals surface area contributed by atoms with Crippen molar-refractivity contribution >= 4 is 28.8 Å². The van der Waals surface area contributed by atoms with E-state index in [9.17, 15) is 0 Å². The minimum absolute atomic E-state index is 0.152. The monoisotopic (exact) mass is 355 g/mol. The van der Waals surface area contributed by atoms with Crippen molar-refractivity contribution in [1.82, 2.24) is 15.2 Å². The maximum Gasteiger partial charge on any atom is 0.171 e. The van der Waals surface area contributed by atoms with E-state index in [1.807, 2.05) is 30.5 Å². The average molecular weight is 356 g/mol. The molecule has 3 rings (SSSR count). The molecule has 0 amide bonds. The molecule has 1 aromatic heterocycles. The van der Waals surface area contributed by atoms with E-state index in [2.05, 4.69) is 57.6 Å². The molecule has 1 aliphatic heterocycles. The Morgan fingerprint density at radius 3 is 2.44 bits per heavy atom. The lowest BCUT2D eigenvalue weighted by Gasteiger charge is -2.33. The first-order valence-electron chi connectivity index (χ1n) is 8.64. The molecule has 132 valence electrons. The number of benzene rings is 1. The quantitative estimate of drug-likeness (QED) is 0.822. The highest BCUT2D eigenvalue weighted by Crippen LogP contribution is 2.16. The predicted octanol–water partition coefficient (Wildman–Crippen LogP) is 2.88. The largest absolute Gasteiger partial charge is 0.356 e. The number of aromatic nitrogens is 1. The highest BCUT2D eigenvalue weighted by atomic mass is 32.1. The fourth-order valence-electron chi connectivity index (χ4n) is 2.87. The summed E-state index contributed by atoms with van der Waals surface area (Å²) >= 11 is 5.42. The maximum atomic E-state index is 5.42. The van der Waals surface area contributed by atoms with Crippen LogP contribution in [0.4, 0.5) is 11.5 Å². The second kappa shape index (κ2) is 8.27. The smallest absolute Gasteiger partial charge is 0.171 e. The summed E-state index contributed by atoms with van der Waals surface area (Å²) in [6, 6.07) is 14.5. The van der Waals surface area contributed by atoms with Crippen molar-refractivity contribution in [2.75, 3.05) is 43.4 Å². The second-order valence-electron chi connectivity index (χ2n) is 6.43. The zero-order valence-electron chi connectivity index (χ0n) is 14.8. The van der Waals surface area contributed by atoms with Crippen LogP contribution in [0.3, 0.4) is 0 Å². The number of hydrogen-bond acceptors (Lipinski definition) is 4. The van der Waals surface area contributed by atoms with Crippen LogP contribution >= 0.6 is 12.2 Å². The molecule has 0 unspecified atom stereocenters. The van der Waals surface area contributed by atoms with Gasteiger partial charge in [0.15, 0.2) is 5.11 Å². The Morgan fingerprint density at radius 1 is 1.08 bits per heavy atom. The summed E-state index contributed by atoms with van der Waals surface area (Å²) in [5.41, 5.74) is 2.10. The SMILES string of the molecule is C[C@H](NC(=S)Nc1ccc(N2CCN(C)CC2)nc1)c1ccccc1. The maximum absolute atomic E-state index is 5.42. The number of nitrogens with zero attached hydrogens (tertiary/aromatic N) is 3. The van der Waals surface area contributed by atoms with E-state index >= 15 is 0 Å². The van der Waals surface area contributed by atoms with E-state index in [1.165, 1.54) is 5.56 Å². The third-order valence-corrected chi connectivity index (χ3v) is 4.70. The van der Waals surface area contributed by atoms with E-state index in [-0.39, 0.29) is 6.04 Å². The Bertz CT molecular complexity index is 681. The first-order chi connectivity index (χ1) is 12.1. The Morgan fingerprint density at radius 2 is 1.80 bits per heavy atom. The number of pyridine rings is 1. The molecule has 25 heavy (non-hydrogen) atoms. The molecule has 1 fully saturated rings. The summed E-state index contributed by atoms with van der Waals surface area (Å²) in [5, 5.41) is 7.12. The topological polar surface area (TPSA) is 43.4 Å². The zero-order valence-corrected chi connectivity index (χ0v) is 15.6. The molecule has 1 aromatic carbocycles. The molecule has 1 atom stereocenters. The van der Waals surface area contributed by atoms with Crippen LogP contribution < -0.4 is 15.5 Å². The van der Waals surface area contributed by atoms with Crippen molar-refractivity contribution in [3.63, 3.8) is 0 Å². The van der Waals surface area contributed by atoms with Crippen LogP contribution in [0.25, 0.3) is 0 Å². The molecule has 5 nitrogen and oxygen atoms in total. The molecule has 2 aromatic rings. The highest BCUT2D eigenvalue weighted by Gasteiger charge is 2.15. The lowest BCUT2D eigenvalue weighted by atomic mass is 10.1. The number of rotatable bonds is 4. The molecule has 0 saturated carbocycles. The summed E-state index contributed by atoms with van der Waals surface area (Å²) in [5.74, 6) is 1.02. The summed E-state index contributed by atoms with van der Waals surface area (Å²) in [4.78, 5) is 9.23. The molecule has 0 radical (unpaired) electrons. The van der Waals surface area contributed by atoms with Crippen LogP contribution in [0.5, 0.6) is 0 Å². The van der Waals surface area contributed by atoms with Crippen molar-refractivity contribution in [2.45, 2.75) is 13.0 Å². The van der Waals surface area contributed by atoms with E-state index in [4.69, 9.17) is 12.2 Å². The fraction of sp³-hybridized carbons (Fsp3) is 0.368. The Labute approximate surface area is 155 Å². The van der Waals surface area contributed by atoms with Gasteiger partial charge in [0.2, 0.25) is 0 Å².